The van der Waals surface area contributed by atoms with Crippen LogP contribution in [0.3, 0.4) is 0 Å². The van der Waals surface area contributed by atoms with E-state index in [2.05, 4.69) is 0 Å². The fraction of sp³-hybridized carbons (Fsp3) is 0.333. The summed E-state index contributed by atoms with van der Waals surface area (Å²) in [6.07, 6.45) is 0.309. The number of amides is 2. The predicted molar refractivity (Wildman–Crippen MR) is 99.0 cm³/mol. The van der Waals surface area contributed by atoms with Gasteiger partial charge in [-0.15, -0.1) is 0 Å². The Bertz CT molecular complexity index is 908. The van der Waals surface area contributed by atoms with Crippen molar-refractivity contribution in [1.82, 2.24) is 4.90 Å². The van der Waals surface area contributed by atoms with Crippen LogP contribution in [0.2, 0.25) is 0 Å². The van der Waals surface area contributed by atoms with Crippen molar-refractivity contribution in [3.63, 3.8) is 0 Å². The minimum Gasteiger partial charge on any atom is -0.374 e. The Hall–Kier alpha value is -2.87. The zero-order valence-corrected chi connectivity index (χ0v) is 15.7. The molecule has 1 fully saturated rings. The number of carbonyl (C=O) groups excluding carboxylic acids is 2. The van der Waals surface area contributed by atoms with Crippen LogP contribution in [-0.2, 0) is 27.4 Å². The maximum atomic E-state index is 13.9. The molecular formula is C21H21F3N2O3. The quantitative estimate of drug-likeness (QED) is 0.719. The van der Waals surface area contributed by atoms with Crippen molar-refractivity contribution in [2.75, 3.05) is 13.2 Å². The van der Waals surface area contributed by atoms with Gasteiger partial charge in [-0.25, -0.2) is 13.2 Å². The molecule has 154 valence electrons. The molecule has 29 heavy (non-hydrogen) atoms. The van der Waals surface area contributed by atoms with E-state index in [9.17, 15) is 22.8 Å². The van der Waals surface area contributed by atoms with Gasteiger partial charge in [0.25, 0.3) is 0 Å². The van der Waals surface area contributed by atoms with E-state index in [1.54, 1.807) is 0 Å². The van der Waals surface area contributed by atoms with Crippen LogP contribution in [0, 0.1) is 17.5 Å². The van der Waals surface area contributed by atoms with Crippen LogP contribution in [0.4, 0.5) is 13.2 Å². The molecule has 0 aromatic heterocycles. The molecular weight excluding hydrogens is 385 g/mol. The molecule has 3 rings (SSSR count). The van der Waals surface area contributed by atoms with Crippen LogP contribution in [0.15, 0.2) is 42.5 Å². The Balaban J connectivity index is 1.74. The smallest absolute Gasteiger partial charge is 0.245 e. The summed E-state index contributed by atoms with van der Waals surface area (Å²) >= 11 is 0. The van der Waals surface area contributed by atoms with Gasteiger partial charge in [-0.1, -0.05) is 36.4 Å². The Labute approximate surface area is 166 Å². The molecule has 2 N–H and O–H groups in total. The molecule has 0 spiro atoms. The van der Waals surface area contributed by atoms with Gasteiger partial charge in [-0.05, 0) is 24.5 Å². The van der Waals surface area contributed by atoms with E-state index in [1.807, 2.05) is 30.3 Å². The van der Waals surface area contributed by atoms with Crippen molar-refractivity contribution < 1.29 is 27.5 Å². The first-order valence-electron chi connectivity index (χ1n) is 9.19. The van der Waals surface area contributed by atoms with Crippen molar-refractivity contribution in [3.05, 3.63) is 71.0 Å². The minimum absolute atomic E-state index is 0.108. The molecule has 1 saturated heterocycles. The summed E-state index contributed by atoms with van der Waals surface area (Å²) in [5.41, 5.74) is 4.86. The van der Waals surface area contributed by atoms with E-state index in [0.29, 0.717) is 12.8 Å². The Morgan fingerprint density at radius 2 is 1.79 bits per heavy atom. The maximum absolute atomic E-state index is 13.9. The number of likely N-dealkylation sites (tertiary alicyclic amines) is 1. The molecule has 0 radical (unpaired) electrons. The highest BCUT2D eigenvalue weighted by molar-refractivity contribution is 5.92. The zero-order valence-electron chi connectivity index (χ0n) is 15.7. The van der Waals surface area contributed by atoms with Crippen molar-refractivity contribution in [1.29, 1.82) is 0 Å². The summed E-state index contributed by atoms with van der Waals surface area (Å²) in [4.78, 5) is 26.3. The number of benzene rings is 2. The second-order valence-electron chi connectivity index (χ2n) is 7.03. The summed E-state index contributed by atoms with van der Waals surface area (Å²) < 4.78 is 46.2. The molecule has 1 atom stereocenters. The van der Waals surface area contributed by atoms with Crippen LogP contribution < -0.4 is 5.73 Å². The van der Waals surface area contributed by atoms with Crippen LogP contribution in [0.1, 0.15) is 24.0 Å². The molecule has 0 aliphatic carbocycles. The summed E-state index contributed by atoms with van der Waals surface area (Å²) in [7, 11) is 0. The van der Waals surface area contributed by atoms with E-state index in [4.69, 9.17) is 10.5 Å². The molecule has 2 amide bonds. The Morgan fingerprint density at radius 1 is 1.07 bits per heavy atom. The van der Waals surface area contributed by atoms with Gasteiger partial charge in [0, 0.05) is 12.1 Å². The van der Waals surface area contributed by atoms with Gasteiger partial charge in [0.1, 0.15) is 5.54 Å². The van der Waals surface area contributed by atoms with E-state index in [1.165, 1.54) is 4.90 Å². The summed E-state index contributed by atoms with van der Waals surface area (Å²) in [5.74, 6) is -5.70. The minimum atomic E-state index is -1.64. The predicted octanol–water partition coefficient (Wildman–Crippen LogP) is 2.71. The maximum Gasteiger partial charge on any atom is 0.245 e. The first-order valence-corrected chi connectivity index (χ1v) is 9.19. The fourth-order valence-corrected chi connectivity index (χ4v) is 3.59. The fourth-order valence-electron chi connectivity index (χ4n) is 3.59. The van der Waals surface area contributed by atoms with Gasteiger partial charge >= 0.3 is 0 Å². The van der Waals surface area contributed by atoms with E-state index in [0.717, 1.165) is 17.7 Å². The molecule has 5 nitrogen and oxygen atoms in total. The first-order chi connectivity index (χ1) is 13.8. The van der Waals surface area contributed by atoms with Crippen LogP contribution >= 0.6 is 0 Å². The normalized spacial score (nSPS) is 18.8. The lowest BCUT2D eigenvalue weighted by Gasteiger charge is -2.35. The lowest BCUT2D eigenvalue weighted by molar-refractivity contribution is -0.147. The number of ether oxygens (including phenoxy) is 1. The third kappa shape index (κ3) is 4.27. The second kappa shape index (κ2) is 8.65. The molecule has 1 unspecified atom stereocenters. The second-order valence-corrected chi connectivity index (χ2v) is 7.03. The van der Waals surface area contributed by atoms with Gasteiger partial charge < -0.3 is 15.4 Å². The number of carbonyl (C=O) groups is 2. The van der Waals surface area contributed by atoms with Gasteiger partial charge in [-0.2, -0.15) is 0 Å². The van der Waals surface area contributed by atoms with E-state index < -0.39 is 41.2 Å². The lowest BCUT2D eigenvalue weighted by Crippen LogP contribution is -2.59. The average molecular weight is 406 g/mol. The third-order valence-electron chi connectivity index (χ3n) is 5.16. The molecule has 1 heterocycles. The number of nitrogens with two attached hydrogens (primary N) is 1. The zero-order chi connectivity index (χ0) is 21.0. The highest BCUT2D eigenvalue weighted by atomic mass is 19.2. The van der Waals surface area contributed by atoms with Crippen molar-refractivity contribution >= 4 is 11.8 Å². The van der Waals surface area contributed by atoms with E-state index >= 15 is 0 Å². The molecule has 0 saturated carbocycles. The highest BCUT2D eigenvalue weighted by Crippen LogP contribution is 2.31. The van der Waals surface area contributed by atoms with Crippen LogP contribution in [0.25, 0.3) is 0 Å². The Kier molecular flexibility index (Phi) is 6.22. The number of rotatable bonds is 7. The van der Waals surface area contributed by atoms with Crippen molar-refractivity contribution in [2.45, 2.75) is 31.4 Å². The van der Waals surface area contributed by atoms with Gasteiger partial charge in [0.05, 0.1) is 19.6 Å². The molecule has 1 aliphatic heterocycles. The number of halogens is 3. The van der Waals surface area contributed by atoms with Gasteiger partial charge in [0.15, 0.2) is 17.5 Å². The number of nitrogens with zero attached hydrogens (tertiary/aromatic N) is 1. The standard InChI is InChI=1S/C21H21F3N2O3/c22-16-8-7-15(18(23)19(16)24)11-17(27)26-10-4-9-21(26,20(25)28)13-29-12-14-5-2-1-3-6-14/h1-3,5-8H,4,9-13H2,(H2,25,28). The largest absolute Gasteiger partial charge is 0.374 e. The third-order valence-corrected chi connectivity index (χ3v) is 5.16. The number of hydrogen-bond donors (Lipinski definition) is 1. The number of hydrogen-bond acceptors (Lipinski definition) is 3. The van der Waals surface area contributed by atoms with Crippen molar-refractivity contribution in [3.8, 4) is 0 Å². The summed E-state index contributed by atoms with van der Waals surface area (Å²) in [6.45, 7) is 0.362. The lowest BCUT2D eigenvalue weighted by atomic mass is 9.95. The van der Waals surface area contributed by atoms with Crippen LogP contribution in [0.5, 0.6) is 0 Å². The number of primary amides is 1. The topological polar surface area (TPSA) is 72.6 Å². The van der Waals surface area contributed by atoms with E-state index in [-0.39, 0.29) is 25.3 Å². The SMILES string of the molecule is NC(=O)C1(COCc2ccccc2)CCCN1C(=O)Cc1ccc(F)c(F)c1F. The highest BCUT2D eigenvalue weighted by Gasteiger charge is 2.48. The molecule has 8 heteroatoms. The first kappa shape index (κ1) is 20.9. The van der Waals surface area contributed by atoms with Gasteiger partial charge in [-0.3, -0.25) is 9.59 Å². The van der Waals surface area contributed by atoms with Gasteiger partial charge in [0.2, 0.25) is 11.8 Å². The monoisotopic (exact) mass is 406 g/mol. The summed E-state index contributed by atoms with van der Waals surface area (Å²) in [6, 6.07) is 11.1. The van der Waals surface area contributed by atoms with Crippen molar-refractivity contribution in [2.24, 2.45) is 5.73 Å². The molecule has 2 aromatic carbocycles. The molecule has 2 aromatic rings. The summed E-state index contributed by atoms with van der Waals surface area (Å²) in [5, 5.41) is 0. The molecule has 1 aliphatic rings. The molecule has 0 bridgehead atoms. The Morgan fingerprint density at radius 3 is 2.48 bits per heavy atom. The average Bonchev–Trinajstić information content (AvgIpc) is 3.15. The van der Waals surface area contributed by atoms with Crippen LogP contribution in [-0.4, -0.2) is 35.4 Å².